The summed E-state index contributed by atoms with van der Waals surface area (Å²) in [6.45, 7) is 0. The van der Waals surface area contributed by atoms with Crippen molar-refractivity contribution in [2.75, 3.05) is 0 Å². The van der Waals surface area contributed by atoms with Gasteiger partial charge in [-0.1, -0.05) is 24.3 Å². The van der Waals surface area contributed by atoms with E-state index in [-0.39, 0.29) is 0 Å². The van der Waals surface area contributed by atoms with E-state index in [9.17, 15) is 39.6 Å². The van der Waals surface area contributed by atoms with Crippen LogP contribution in [0.25, 0.3) is 9.81 Å². The van der Waals surface area contributed by atoms with E-state index in [1.54, 1.807) is 0 Å². The normalized spacial score (nSPS) is 17.0. The molecule has 2 aromatic carbocycles. The summed E-state index contributed by atoms with van der Waals surface area (Å²) in [6, 6.07) is 6.66. The maximum atomic E-state index is 12.9. The Labute approximate surface area is 160 Å². The number of hydrogen-bond donors (Lipinski definition) is 0. The van der Waals surface area contributed by atoms with E-state index in [2.05, 4.69) is 0 Å². The topological polar surface area (TPSA) is 51.2 Å². The van der Waals surface area contributed by atoms with Crippen LogP contribution in [0.2, 0.25) is 0 Å². The predicted octanol–water partition coefficient (Wildman–Crippen LogP) is 5.10. The summed E-state index contributed by atoms with van der Waals surface area (Å²) < 4.78 is 104. The Balaban J connectivity index is 2.13. The molecule has 0 atom stereocenters. The Bertz CT molecular complexity index is 1070. The molecule has 0 unspecified atom stereocenters. The van der Waals surface area contributed by atoms with Crippen LogP contribution in [-0.4, -0.2) is 14.2 Å². The first-order valence-electron chi connectivity index (χ1n) is 7.88. The quantitative estimate of drug-likeness (QED) is 0.621. The highest BCUT2D eigenvalue weighted by atomic mass is 32.2. The van der Waals surface area contributed by atoms with Crippen LogP contribution in [0.3, 0.4) is 0 Å². The molecule has 3 nitrogen and oxygen atoms in total. The highest BCUT2D eigenvalue weighted by Crippen LogP contribution is 2.39. The molecule has 2 aromatic rings. The predicted molar refractivity (Wildman–Crippen MR) is 92.8 cm³/mol. The van der Waals surface area contributed by atoms with Crippen molar-refractivity contribution in [1.82, 2.24) is 0 Å². The molecule has 0 amide bonds. The van der Waals surface area contributed by atoms with Crippen molar-refractivity contribution in [1.29, 1.82) is 0 Å². The van der Waals surface area contributed by atoms with Gasteiger partial charge >= 0.3 is 12.4 Å². The first-order chi connectivity index (χ1) is 13.3. The van der Waals surface area contributed by atoms with Crippen LogP contribution >= 0.6 is 0 Å². The number of carbonyl (C=O) groups excluding carboxylic acids is 1. The van der Waals surface area contributed by atoms with Gasteiger partial charge in [-0.25, -0.2) is 8.42 Å². The lowest BCUT2D eigenvalue weighted by molar-refractivity contribution is -0.138. The van der Waals surface area contributed by atoms with E-state index in [4.69, 9.17) is 0 Å². The summed E-state index contributed by atoms with van der Waals surface area (Å²) in [6.07, 6.45) is -8.22. The van der Waals surface area contributed by atoms with Crippen LogP contribution in [0.4, 0.5) is 26.3 Å². The van der Waals surface area contributed by atoms with Gasteiger partial charge in [-0.15, -0.1) is 0 Å². The fraction of sp³-hybridized carbons (Fsp3) is 0.105. The van der Waals surface area contributed by atoms with E-state index in [1.165, 1.54) is 0 Å². The van der Waals surface area contributed by atoms with Gasteiger partial charge in [0.15, 0.2) is 5.78 Å². The van der Waals surface area contributed by atoms with E-state index < -0.39 is 60.0 Å². The van der Waals surface area contributed by atoms with E-state index in [1.807, 2.05) is 0 Å². The number of hydrogen-bond acceptors (Lipinski definition) is 3. The number of carbonyl (C=O) groups is 1. The molecule has 0 spiro atoms. The van der Waals surface area contributed by atoms with E-state index in [0.717, 1.165) is 36.4 Å². The lowest BCUT2D eigenvalue weighted by Crippen LogP contribution is -2.15. The molecule has 0 aliphatic carbocycles. The average molecular weight is 432 g/mol. The number of allylic oxidation sites excluding steroid dienone is 2. The van der Waals surface area contributed by atoms with Gasteiger partial charge < -0.3 is 0 Å². The number of benzene rings is 2. The fourth-order valence-corrected chi connectivity index (χ4v) is 4.40. The first-order valence-corrected chi connectivity index (χ1v) is 9.36. The van der Waals surface area contributed by atoms with Crippen molar-refractivity contribution >= 4 is 25.4 Å². The standard InChI is InChI=1S/C19H10F6O3S/c20-18(21,22)13-5-1-3-11(7-13)16-9-15(26)10-17(29(16,27)28)12-4-2-6-14(8-12)19(23,24)25/h1-10H. The van der Waals surface area contributed by atoms with Crippen LogP contribution in [0, 0.1) is 0 Å². The maximum Gasteiger partial charge on any atom is 0.416 e. The summed E-state index contributed by atoms with van der Waals surface area (Å²) in [7, 11) is -4.56. The Morgan fingerprint density at radius 3 is 1.38 bits per heavy atom. The highest BCUT2D eigenvalue weighted by Gasteiger charge is 2.36. The largest absolute Gasteiger partial charge is 0.416 e. The molecule has 1 aliphatic heterocycles. The van der Waals surface area contributed by atoms with Crippen LogP contribution in [-0.2, 0) is 27.0 Å². The number of sulfone groups is 1. The zero-order valence-electron chi connectivity index (χ0n) is 14.2. The molecule has 0 saturated carbocycles. The molecule has 152 valence electrons. The second-order valence-electron chi connectivity index (χ2n) is 6.08. The molecule has 0 N–H and O–H groups in total. The van der Waals surface area contributed by atoms with Gasteiger partial charge in [-0.3, -0.25) is 4.79 Å². The smallest absolute Gasteiger partial charge is 0.290 e. The monoisotopic (exact) mass is 432 g/mol. The molecule has 1 aliphatic rings. The number of halogens is 6. The minimum atomic E-state index is -4.75. The molecular weight excluding hydrogens is 422 g/mol. The molecule has 0 aromatic heterocycles. The SMILES string of the molecule is O=C1C=C(c2cccc(C(F)(F)F)c2)S(=O)(=O)C(c2cccc(C(F)(F)F)c2)=C1. The van der Waals surface area contributed by atoms with Gasteiger partial charge in [0.1, 0.15) is 0 Å². The average Bonchev–Trinajstić information content (AvgIpc) is 2.62. The second-order valence-corrected chi connectivity index (χ2v) is 7.97. The van der Waals surface area contributed by atoms with Crippen LogP contribution < -0.4 is 0 Å². The lowest BCUT2D eigenvalue weighted by Gasteiger charge is -2.18. The van der Waals surface area contributed by atoms with Crippen molar-refractivity contribution in [2.24, 2.45) is 0 Å². The molecule has 0 fully saturated rings. The third kappa shape index (κ3) is 4.12. The van der Waals surface area contributed by atoms with Crippen molar-refractivity contribution < 1.29 is 39.6 Å². The summed E-state index contributed by atoms with van der Waals surface area (Å²) in [5, 5.41) is 0. The van der Waals surface area contributed by atoms with Gasteiger partial charge in [0.25, 0.3) is 0 Å². The van der Waals surface area contributed by atoms with Crippen molar-refractivity contribution in [3.8, 4) is 0 Å². The Morgan fingerprint density at radius 2 is 1.03 bits per heavy atom. The number of ketones is 1. The zero-order chi connectivity index (χ0) is 21.6. The van der Waals surface area contributed by atoms with Gasteiger partial charge in [0, 0.05) is 12.2 Å². The molecular formula is C19H10F6O3S. The lowest BCUT2D eigenvalue weighted by atomic mass is 10.1. The number of rotatable bonds is 2. The van der Waals surface area contributed by atoms with Crippen LogP contribution in [0.15, 0.2) is 60.7 Å². The minimum absolute atomic E-state index is 0.397. The van der Waals surface area contributed by atoms with Gasteiger partial charge in [0.2, 0.25) is 9.84 Å². The molecule has 0 bridgehead atoms. The summed E-state index contributed by atoms with van der Waals surface area (Å²) in [4.78, 5) is 10.6. The minimum Gasteiger partial charge on any atom is -0.290 e. The van der Waals surface area contributed by atoms with Crippen LogP contribution in [0.1, 0.15) is 22.3 Å². The fourth-order valence-electron chi connectivity index (χ4n) is 2.75. The van der Waals surface area contributed by atoms with E-state index >= 15 is 0 Å². The molecule has 3 rings (SSSR count). The van der Waals surface area contributed by atoms with Gasteiger partial charge in [-0.05, 0) is 35.4 Å². The molecule has 0 saturated heterocycles. The third-order valence-electron chi connectivity index (χ3n) is 4.07. The van der Waals surface area contributed by atoms with Crippen molar-refractivity contribution in [2.45, 2.75) is 12.4 Å². The molecule has 0 radical (unpaired) electrons. The molecule has 29 heavy (non-hydrogen) atoms. The third-order valence-corrected chi connectivity index (χ3v) is 5.94. The van der Waals surface area contributed by atoms with Gasteiger partial charge in [-0.2, -0.15) is 26.3 Å². The Hall–Kier alpha value is -2.88. The Morgan fingerprint density at radius 1 is 0.655 bits per heavy atom. The first kappa shape index (κ1) is 20.8. The molecule has 10 heteroatoms. The highest BCUT2D eigenvalue weighted by molar-refractivity contribution is 8.09. The van der Waals surface area contributed by atoms with Gasteiger partial charge in [0.05, 0.1) is 20.9 Å². The molecule has 1 heterocycles. The van der Waals surface area contributed by atoms with Crippen molar-refractivity contribution in [3.63, 3.8) is 0 Å². The second kappa shape index (κ2) is 6.87. The Kier molecular flexibility index (Phi) is 4.94. The van der Waals surface area contributed by atoms with Crippen molar-refractivity contribution in [3.05, 3.63) is 82.9 Å². The number of alkyl halides is 6. The van der Waals surface area contributed by atoms with E-state index in [0.29, 0.717) is 24.3 Å². The maximum absolute atomic E-state index is 12.9. The summed E-state index contributed by atoms with van der Waals surface area (Å²) in [5.74, 6) is -0.875. The summed E-state index contributed by atoms with van der Waals surface area (Å²) >= 11 is 0. The zero-order valence-corrected chi connectivity index (χ0v) is 15.0. The summed E-state index contributed by atoms with van der Waals surface area (Å²) in [5.41, 5.74) is -3.06. The van der Waals surface area contributed by atoms with Crippen LogP contribution in [0.5, 0.6) is 0 Å².